The number of benzene rings is 3. The van der Waals surface area contributed by atoms with E-state index in [0.717, 1.165) is 56.5 Å². The van der Waals surface area contributed by atoms with Crippen LogP contribution in [-0.4, -0.2) is 22.0 Å². The third kappa shape index (κ3) is 5.13. The van der Waals surface area contributed by atoms with E-state index in [9.17, 15) is 4.79 Å². The lowest BCUT2D eigenvalue weighted by molar-refractivity contribution is -0.121. The molecule has 0 aliphatic rings. The quantitative estimate of drug-likeness (QED) is 0.331. The molecule has 0 atom stereocenters. The highest BCUT2D eigenvalue weighted by molar-refractivity contribution is 5.86. The summed E-state index contributed by atoms with van der Waals surface area (Å²) in [5, 5.41) is 5.58. The van der Waals surface area contributed by atoms with Gasteiger partial charge in [-0.3, -0.25) is 4.79 Å². The van der Waals surface area contributed by atoms with Crippen LogP contribution in [0.1, 0.15) is 50.4 Å². The van der Waals surface area contributed by atoms with E-state index in [1.165, 1.54) is 21.9 Å². The molecule has 0 unspecified atom stereocenters. The van der Waals surface area contributed by atoms with Crippen molar-refractivity contribution in [1.29, 1.82) is 0 Å². The lowest BCUT2D eigenvalue weighted by atomic mass is 10.0. The first kappa shape index (κ1) is 21.1. The second kappa shape index (κ2) is 10.3. The molecule has 0 fully saturated rings. The number of rotatable bonds is 10. The molecule has 160 valence electrons. The van der Waals surface area contributed by atoms with Gasteiger partial charge in [0.2, 0.25) is 5.91 Å². The second-order valence-electron chi connectivity index (χ2n) is 8.15. The van der Waals surface area contributed by atoms with E-state index < -0.39 is 0 Å². The Morgan fingerprint density at radius 3 is 2.65 bits per heavy atom. The number of para-hydroxylation sites is 2. The van der Waals surface area contributed by atoms with Crippen molar-refractivity contribution in [3.8, 4) is 0 Å². The van der Waals surface area contributed by atoms with Crippen LogP contribution in [-0.2, 0) is 17.8 Å². The minimum atomic E-state index is 0.166. The van der Waals surface area contributed by atoms with E-state index >= 15 is 0 Å². The third-order valence-electron chi connectivity index (χ3n) is 5.82. The van der Waals surface area contributed by atoms with E-state index in [2.05, 4.69) is 76.6 Å². The zero-order valence-corrected chi connectivity index (χ0v) is 18.3. The Morgan fingerprint density at radius 2 is 1.74 bits per heavy atom. The predicted molar refractivity (Wildman–Crippen MR) is 128 cm³/mol. The smallest absolute Gasteiger partial charge is 0.219 e. The Balaban J connectivity index is 1.47. The first-order chi connectivity index (χ1) is 15.3. The number of hydrogen-bond acceptors (Lipinski definition) is 2. The molecule has 0 saturated carbocycles. The maximum atomic E-state index is 11.6. The van der Waals surface area contributed by atoms with Crippen LogP contribution in [0.2, 0.25) is 0 Å². The number of imidazole rings is 1. The van der Waals surface area contributed by atoms with Gasteiger partial charge in [-0.2, -0.15) is 0 Å². The molecule has 0 aliphatic heterocycles. The summed E-state index contributed by atoms with van der Waals surface area (Å²) >= 11 is 0. The maximum absolute atomic E-state index is 11.6. The van der Waals surface area contributed by atoms with Crippen LogP contribution >= 0.6 is 0 Å². The molecule has 0 spiro atoms. The number of carbonyl (C=O) groups is 1. The van der Waals surface area contributed by atoms with Gasteiger partial charge in [0.15, 0.2) is 0 Å². The zero-order chi connectivity index (χ0) is 21.5. The molecule has 0 saturated heterocycles. The molecular weight excluding hydrogens is 382 g/mol. The number of aromatic nitrogens is 2. The molecule has 31 heavy (non-hydrogen) atoms. The molecule has 4 nitrogen and oxygen atoms in total. The summed E-state index contributed by atoms with van der Waals surface area (Å²) in [6.45, 7) is 3.62. The molecule has 1 heterocycles. The summed E-state index contributed by atoms with van der Waals surface area (Å²) in [6, 6.07) is 23.5. The third-order valence-corrected chi connectivity index (χ3v) is 5.82. The first-order valence-electron chi connectivity index (χ1n) is 11.4. The molecule has 1 amide bonds. The molecular formula is C27H31N3O. The predicted octanol–water partition coefficient (Wildman–Crippen LogP) is 5.87. The number of aryl methyl sites for hydroxylation is 1. The van der Waals surface area contributed by atoms with Crippen molar-refractivity contribution in [3.63, 3.8) is 0 Å². The van der Waals surface area contributed by atoms with Crippen molar-refractivity contribution < 1.29 is 4.79 Å². The molecule has 1 aromatic heterocycles. The Labute approximate surface area is 184 Å². The van der Waals surface area contributed by atoms with Crippen LogP contribution in [0, 0.1) is 0 Å². The summed E-state index contributed by atoms with van der Waals surface area (Å²) in [4.78, 5) is 16.5. The Hall–Kier alpha value is -3.14. The average Bonchev–Trinajstić information content (AvgIpc) is 3.14. The van der Waals surface area contributed by atoms with E-state index in [1.807, 2.05) is 6.92 Å². The topological polar surface area (TPSA) is 46.9 Å². The van der Waals surface area contributed by atoms with Crippen LogP contribution in [0.15, 0.2) is 66.7 Å². The normalized spacial score (nSPS) is 11.3. The highest BCUT2D eigenvalue weighted by atomic mass is 16.1. The zero-order valence-electron chi connectivity index (χ0n) is 18.3. The molecule has 1 N–H and O–H groups in total. The van der Waals surface area contributed by atoms with Gasteiger partial charge in [0.1, 0.15) is 5.82 Å². The Kier molecular flexibility index (Phi) is 6.98. The lowest BCUT2D eigenvalue weighted by Crippen LogP contribution is -2.23. The van der Waals surface area contributed by atoms with E-state index in [0.29, 0.717) is 6.42 Å². The van der Waals surface area contributed by atoms with Gasteiger partial charge < -0.3 is 9.88 Å². The van der Waals surface area contributed by atoms with Crippen molar-refractivity contribution in [2.45, 2.75) is 52.0 Å². The van der Waals surface area contributed by atoms with Crippen LogP contribution in [0.5, 0.6) is 0 Å². The van der Waals surface area contributed by atoms with Crippen molar-refractivity contribution in [2.24, 2.45) is 0 Å². The van der Waals surface area contributed by atoms with E-state index in [1.54, 1.807) is 0 Å². The monoisotopic (exact) mass is 413 g/mol. The highest BCUT2D eigenvalue weighted by Gasteiger charge is 2.12. The molecule has 4 heteroatoms. The molecule has 0 aliphatic carbocycles. The fourth-order valence-electron chi connectivity index (χ4n) is 4.22. The Morgan fingerprint density at radius 1 is 0.935 bits per heavy atom. The van der Waals surface area contributed by atoms with Crippen LogP contribution < -0.4 is 5.32 Å². The van der Waals surface area contributed by atoms with Gasteiger partial charge in [0, 0.05) is 25.9 Å². The largest absolute Gasteiger partial charge is 0.356 e. The van der Waals surface area contributed by atoms with Crippen LogP contribution in [0.3, 0.4) is 0 Å². The highest BCUT2D eigenvalue weighted by Crippen LogP contribution is 2.24. The van der Waals surface area contributed by atoms with Crippen molar-refractivity contribution >= 4 is 27.7 Å². The molecule has 4 rings (SSSR count). The molecule has 0 bridgehead atoms. The molecule has 3 aromatic carbocycles. The molecule has 0 radical (unpaired) electrons. The number of fused-ring (bicyclic) bond motifs is 2. The van der Waals surface area contributed by atoms with Gasteiger partial charge in [-0.25, -0.2) is 4.98 Å². The number of unbranched alkanes of at least 4 members (excludes halogenated alkanes) is 2. The second-order valence-corrected chi connectivity index (χ2v) is 8.15. The van der Waals surface area contributed by atoms with Crippen molar-refractivity contribution in [1.82, 2.24) is 14.9 Å². The lowest BCUT2D eigenvalue weighted by Gasteiger charge is -2.12. The number of hydrogen-bond donors (Lipinski definition) is 1. The number of nitrogens with zero attached hydrogens (tertiary/aromatic N) is 2. The van der Waals surface area contributed by atoms with Gasteiger partial charge in [-0.1, -0.05) is 67.9 Å². The summed E-state index contributed by atoms with van der Waals surface area (Å²) in [5.74, 6) is 1.31. The van der Waals surface area contributed by atoms with Gasteiger partial charge in [0.05, 0.1) is 11.0 Å². The van der Waals surface area contributed by atoms with Gasteiger partial charge in [-0.05, 0) is 47.7 Å². The fraction of sp³-hybridized carbons (Fsp3) is 0.333. The van der Waals surface area contributed by atoms with Gasteiger partial charge >= 0.3 is 0 Å². The van der Waals surface area contributed by atoms with E-state index in [4.69, 9.17) is 4.98 Å². The number of amides is 1. The summed E-state index contributed by atoms with van der Waals surface area (Å²) in [6.07, 6.45) is 5.64. The summed E-state index contributed by atoms with van der Waals surface area (Å²) in [5.41, 5.74) is 3.57. The SMILES string of the molecule is CCCC(=O)NCCCCCc1nc2ccccc2n1Cc1cccc2ccccc12. The van der Waals surface area contributed by atoms with E-state index in [-0.39, 0.29) is 5.91 Å². The first-order valence-corrected chi connectivity index (χ1v) is 11.4. The average molecular weight is 414 g/mol. The minimum absolute atomic E-state index is 0.166. The number of carbonyl (C=O) groups excluding carboxylic acids is 1. The molecule has 4 aromatic rings. The van der Waals surface area contributed by atoms with Crippen molar-refractivity contribution in [3.05, 3.63) is 78.1 Å². The fourth-order valence-corrected chi connectivity index (χ4v) is 4.22. The number of nitrogens with one attached hydrogen (secondary N) is 1. The Bertz CT molecular complexity index is 1160. The van der Waals surface area contributed by atoms with Gasteiger partial charge in [0.25, 0.3) is 0 Å². The maximum Gasteiger partial charge on any atom is 0.219 e. The summed E-state index contributed by atoms with van der Waals surface area (Å²) in [7, 11) is 0. The minimum Gasteiger partial charge on any atom is -0.356 e. The van der Waals surface area contributed by atoms with Crippen LogP contribution in [0.25, 0.3) is 21.8 Å². The van der Waals surface area contributed by atoms with Crippen LogP contribution in [0.4, 0.5) is 0 Å². The van der Waals surface area contributed by atoms with Crippen molar-refractivity contribution in [2.75, 3.05) is 6.54 Å². The summed E-state index contributed by atoms with van der Waals surface area (Å²) < 4.78 is 2.38. The standard InChI is InChI=1S/C27H31N3O/c1-2-11-27(31)28-19-9-3-4-18-26-29-24-16-7-8-17-25(24)30(26)20-22-14-10-13-21-12-5-6-15-23(21)22/h5-8,10,12-17H,2-4,9,11,18-20H2,1H3,(H,28,31). The van der Waals surface area contributed by atoms with Gasteiger partial charge in [-0.15, -0.1) is 0 Å².